The number of nitrogens with one attached hydrogen (secondary N) is 1. The molecule has 20 heavy (non-hydrogen) atoms. The Balaban J connectivity index is 0.00000110. The molecule has 0 aliphatic rings. The van der Waals surface area contributed by atoms with E-state index in [1.54, 1.807) is 0 Å². The Hall–Kier alpha value is -1.02. The molecule has 0 unspecified atom stereocenters. The number of aromatic hydroxyl groups is 1. The summed E-state index contributed by atoms with van der Waals surface area (Å²) in [5, 5.41) is 12.2. The van der Waals surface area contributed by atoms with Crippen LogP contribution in [0.15, 0.2) is 18.2 Å². The highest BCUT2D eigenvalue weighted by atomic mass is 16.3. The molecule has 2 heteroatoms. The van der Waals surface area contributed by atoms with Gasteiger partial charge in [0.15, 0.2) is 0 Å². The molecule has 0 fully saturated rings. The Labute approximate surface area is 125 Å². The Kier molecular flexibility index (Phi) is 12.3. The van der Waals surface area contributed by atoms with Gasteiger partial charge in [0, 0.05) is 0 Å². The molecule has 0 spiro atoms. The van der Waals surface area contributed by atoms with Crippen LogP contribution in [0.4, 0.5) is 0 Å². The first kappa shape index (κ1) is 19.0. The summed E-state index contributed by atoms with van der Waals surface area (Å²) in [6, 6.07) is 5.96. The van der Waals surface area contributed by atoms with Gasteiger partial charge in [0.05, 0.1) is 0 Å². The lowest BCUT2D eigenvalue weighted by Crippen LogP contribution is -1.89. The van der Waals surface area contributed by atoms with E-state index < -0.39 is 0 Å². The van der Waals surface area contributed by atoms with E-state index in [2.05, 4.69) is 18.3 Å². The van der Waals surface area contributed by atoms with E-state index in [9.17, 15) is 5.11 Å². The maximum atomic E-state index is 9.44. The maximum absolute atomic E-state index is 9.44. The largest absolute Gasteiger partial charge is 0.508 e. The molecule has 1 aromatic rings. The fourth-order valence-corrected chi connectivity index (χ4v) is 2.16. The molecule has 0 atom stereocenters. The van der Waals surface area contributed by atoms with Crippen LogP contribution < -0.4 is 5.32 Å². The molecule has 0 bridgehead atoms. The Morgan fingerprint density at radius 2 is 1.50 bits per heavy atom. The second kappa shape index (κ2) is 13.0. The molecule has 0 heterocycles. The SMILES string of the molecule is CCCCCCCCCc1ccc(O)c(C)c1.CNC. The van der Waals surface area contributed by atoms with Gasteiger partial charge in [-0.1, -0.05) is 57.6 Å². The molecule has 2 N–H and O–H groups in total. The minimum Gasteiger partial charge on any atom is -0.508 e. The number of phenols is 1. The molecular formula is C18H33NO. The van der Waals surface area contributed by atoms with Gasteiger partial charge in [-0.3, -0.25) is 0 Å². The summed E-state index contributed by atoms with van der Waals surface area (Å²) in [5.74, 6) is 0.410. The zero-order chi connectivity index (χ0) is 15.2. The number of unbranched alkanes of at least 4 members (excludes halogenated alkanes) is 6. The summed E-state index contributed by atoms with van der Waals surface area (Å²) in [4.78, 5) is 0. The second-order valence-corrected chi connectivity index (χ2v) is 5.49. The third-order valence-corrected chi connectivity index (χ3v) is 3.33. The molecule has 1 rings (SSSR count). The topological polar surface area (TPSA) is 32.3 Å². The summed E-state index contributed by atoms with van der Waals surface area (Å²) in [6.45, 7) is 4.22. The summed E-state index contributed by atoms with van der Waals surface area (Å²) < 4.78 is 0. The lowest BCUT2D eigenvalue weighted by Gasteiger charge is -2.04. The predicted octanol–water partition coefficient (Wildman–Crippen LogP) is 4.83. The van der Waals surface area contributed by atoms with Crippen molar-refractivity contribution in [1.29, 1.82) is 0 Å². The average Bonchev–Trinajstić information content (AvgIpc) is 2.42. The van der Waals surface area contributed by atoms with Gasteiger partial charge in [0.1, 0.15) is 5.75 Å². The highest BCUT2D eigenvalue weighted by Crippen LogP contribution is 2.18. The molecule has 0 aromatic heterocycles. The predicted molar refractivity (Wildman–Crippen MR) is 89.5 cm³/mol. The quantitative estimate of drug-likeness (QED) is 0.668. The minimum absolute atomic E-state index is 0.410. The molecule has 0 saturated heterocycles. The summed E-state index contributed by atoms with van der Waals surface area (Å²) in [7, 11) is 3.75. The van der Waals surface area contributed by atoms with Gasteiger partial charge in [-0.05, 0) is 51.1 Å². The highest BCUT2D eigenvalue weighted by molar-refractivity contribution is 5.34. The van der Waals surface area contributed by atoms with E-state index in [-0.39, 0.29) is 0 Å². The van der Waals surface area contributed by atoms with Crippen LogP contribution in [0.2, 0.25) is 0 Å². The van der Waals surface area contributed by atoms with E-state index in [1.165, 1.54) is 50.5 Å². The highest BCUT2D eigenvalue weighted by Gasteiger charge is 1.98. The van der Waals surface area contributed by atoms with Crippen LogP contribution in [0.5, 0.6) is 5.75 Å². The van der Waals surface area contributed by atoms with Crippen LogP contribution in [-0.4, -0.2) is 19.2 Å². The van der Waals surface area contributed by atoms with Crippen molar-refractivity contribution in [1.82, 2.24) is 5.32 Å². The van der Waals surface area contributed by atoms with E-state index in [1.807, 2.05) is 33.2 Å². The number of hydrogen-bond acceptors (Lipinski definition) is 2. The van der Waals surface area contributed by atoms with Crippen LogP contribution in [0.1, 0.15) is 63.0 Å². The van der Waals surface area contributed by atoms with Crippen molar-refractivity contribution >= 4 is 0 Å². The minimum atomic E-state index is 0.410. The summed E-state index contributed by atoms with van der Waals surface area (Å²) >= 11 is 0. The van der Waals surface area contributed by atoms with Crippen LogP contribution in [0, 0.1) is 6.92 Å². The molecule has 0 radical (unpaired) electrons. The summed E-state index contributed by atoms with van der Waals surface area (Å²) in [5.41, 5.74) is 2.35. The molecule has 0 aliphatic carbocycles. The van der Waals surface area contributed by atoms with E-state index in [4.69, 9.17) is 0 Å². The number of rotatable bonds is 8. The first-order valence-electron chi connectivity index (χ1n) is 8.02. The standard InChI is InChI=1S/C16H26O.C2H7N/c1-3-4-5-6-7-8-9-10-15-11-12-16(17)14(2)13-15;1-3-2/h11-13,17H,3-10H2,1-2H3;3H,1-2H3. The molecule has 0 aliphatic heterocycles. The molecule has 0 saturated carbocycles. The Morgan fingerprint density at radius 3 is 2.05 bits per heavy atom. The normalized spacial score (nSPS) is 10.0. The van der Waals surface area contributed by atoms with Crippen molar-refractivity contribution in [3.63, 3.8) is 0 Å². The second-order valence-electron chi connectivity index (χ2n) is 5.49. The van der Waals surface area contributed by atoms with Crippen molar-refractivity contribution in [2.75, 3.05) is 14.1 Å². The Morgan fingerprint density at radius 1 is 0.950 bits per heavy atom. The van der Waals surface area contributed by atoms with Crippen molar-refractivity contribution in [2.24, 2.45) is 0 Å². The van der Waals surface area contributed by atoms with Crippen molar-refractivity contribution in [3.05, 3.63) is 29.3 Å². The third kappa shape index (κ3) is 9.85. The molecular weight excluding hydrogens is 246 g/mol. The van der Waals surface area contributed by atoms with Crippen LogP contribution in [0.3, 0.4) is 0 Å². The average molecular weight is 279 g/mol. The third-order valence-electron chi connectivity index (χ3n) is 3.33. The van der Waals surface area contributed by atoms with Crippen molar-refractivity contribution < 1.29 is 5.11 Å². The molecule has 1 aromatic carbocycles. The van der Waals surface area contributed by atoms with E-state index in [0.29, 0.717) is 5.75 Å². The lowest BCUT2D eigenvalue weighted by molar-refractivity contribution is 0.470. The van der Waals surface area contributed by atoms with Crippen molar-refractivity contribution in [3.8, 4) is 5.75 Å². The smallest absolute Gasteiger partial charge is 0.118 e. The zero-order valence-corrected chi connectivity index (χ0v) is 13.8. The van der Waals surface area contributed by atoms with Gasteiger partial charge in [0.25, 0.3) is 0 Å². The first-order chi connectivity index (χ1) is 9.65. The first-order valence-corrected chi connectivity index (χ1v) is 8.02. The number of benzene rings is 1. The molecule has 116 valence electrons. The maximum Gasteiger partial charge on any atom is 0.118 e. The van der Waals surface area contributed by atoms with Crippen LogP contribution in [-0.2, 0) is 6.42 Å². The van der Waals surface area contributed by atoms with Gasteiger partial charge in [-0.25, -0.2) is 0 Å². The molecule has 0 amide bonds. The Bertz CT molecular complexity index is 336. The van der Waals surface area contributed by atoms with Crippen molar-refractivity contribution in [2.45, 2.75) is 65.2 Å². The van der Waals surface area contributed by atoms with Crippen LogP contribution >= 0.6 is 0 Å². The zero-order valence-electron chi connectivity index (χ0n) is 13.8. The fraction of sp³-hybridized carbons (Fsp3) is 0.667. The van der Waals surface area contributed by atoms with Gasteiger partial charge in [-0.15, -0.1) is 0 Å². The van der Waals surface area contributed by atoms with Gasteiger partial charge in [0.2, 0.25) is 0 Å². The van der Waals surface area contributed by atoms with E-state index >= 15 is 0 Å². The van der Waals surface area contributed by atoms with E-state index in [0.717, 1.165) is 12.0 Å². The monoisotopic (exact) mass is 279 g/mol. The fourth-order valence-electron chi connectivity index (χ4n) is 2.16. The lowest BCUT2D eigenvalue weighted by atomic mass is 10.0. The number of hydrogen-bond donors (Lipinski definition) is 2. The van der Waals surface area contributed by atoms with Gasteiger partial charge >= 0.3 is 0 Å². The summed E-state index contributed by atoms with van der Waals surface area (Å²) in [6.07, 6.45) is 10.6. The molecule has 2 nitrogen and oxygen atoms in total. The van der Waals surface area contributed by atoms with Gasteiger partial charge < -0.3 is 10.4 Å². The van der Waals surface area contributed by atoms with Gasteiger partial charge in [-0.2, -0.15) is 0 Å². The number of aryl methyl sites for hydroxylation is 2. The number of phenolic OH excluding ortho intramolecular Hbond substituents is 1. The van der Waals surface area contributed by atoms with Crippen LogP contribution in [0.25, 0.3) is 0 Å².